The molecule has 3 aromatic rings. The third kappa shape index (κ3) is 10.2. The highest BCUT2D eigenvalue weighted by atomic mass is 35.5. The van der Waals surface area contributed by atoms with Crippen LogP contribution in [0.2, 0.25) is 5.02 Å². The SMILES string of the molecule is Cc1nnc(C(C)(C)[C@H]2OC3(CCN(C(=O)C4C[NH+](C5CCOCC5)C[C@H]4c4ccc(F)cc4F)CC3)c3[nH+]c(C)c(Cl)cc32)o1.O=C(O)C(F)(F)F.O=C(O)C(F)(F)F. The molecule has 2 aromatic heterocycles. The Morgan fingerprint density at radius 2 is 1.50 bits per heavy atom. The number of rotatable bonds is 5. The van der Waals surface area contributed by atoms with E-state index in [1.165, 1.54) is 17.0 Å². The van der Waals surface area contributed by atoms with Crippen molar-refractivity contribution >= 4 is 29.4 Å². The number of piperidine rings is 1. The molecule has 4 aliphatic heterocycles. The van der Waals surface area contributed by atoms with Gasteiger partial charge in [0.15, 0.2) is 11.3 Å². The molecule has 22 heteroatoms. The molecule has 60 heavy (non-hydrogen) atoms. The van der Waals surface area contributed by atoms with Gasteiger partial charge in [0.25, 0.3) is 0 Å². The van der Waals surface area contributed by atoms with Gasteiger partial charge in [0.1, 0.15) is 22.8 Å². The highest BCUT2D eigenvalue weighted by Crippen LogP contribution is 2.54. The highest BCUT2D eigenvalue weighted by molar-refractivity contribution is 6.31. The lowest BCUT2D eigenvalue weighted by atomic mass is 9.81. The van der Waals surface area contributed by atoms with Crippen molar-refractivity contribution in [2.24, 2.45) is 5.92 Å². The number of alkyl halides is 6. The Labute approximate surface area is 343 Å². The Bertz CT molecular complexity index is 2030. The van der Waals surface area contributed by atoms with E-state index in [9.17, 15) is 35.5 Å². The second-order valence-corrected chi connectivity index (χ2v) is 16.1. The number of benzene rings is 1. The minimum Gasteiger partial charge on any atom is -0.475 e. The van der Waals surface area contributed by atoms with Crippen molar-refractivity contribution < 1.29 is 83.5 Å². The summed E-state index contributed by atoms with van der Waals surface area (Å²) in [4.78, 5) is 38.9. The summed E-state index contributed by atoms with van der Waals surface area (Å²) >= 11 is 6.63. The Balaban J connectivity index is 0.000000420. The third-order valence-corrected chi connectivity index (χ3v) is 11.7. The first-order valence-corrected chi connectivity index (χ1v) is 19.2. The molecule has 0 saturated carbocycles. The zero-order valence-electron chi connectivity index (χ0n) is 32.8. The van der Waals surface area contributed by atoms with Crippen LogP contribution in [0, 0.1) is 31.4 Å². The van der Waals surface area contributed by atoms with Crippen molar-refractivity contribution in [3.63, 3.8) is 0 Å². The molecule has 4 aliphatic rings. The van der Waals surface area contributed by atoms with Crippen LogP contribution >= 0.6 is 11.6 Å². The average molecular weight is 886 g/mol. The summed E-state index contributed by atoms with van der Waals surface area (Å²) in [5.41, 5.74) is 1.89. The molecule has 1 aromatic carbocycles. The molecule has 0 radical (unpaired) electrons. The molecular formula is C38H44ClF8N5O8+2. The van der Waals surface area contributed by atoms with Crippen molar-refractivity contribution in [1.29, 1.82) is 0 Å². The summed E-state index contributed by atoms with van der Waals surface area (Å²) < 4.78 is 111. The summed E-state index contributed by atoms with van der Waals surface area (Å²) in [5.74, 6) is -6.44. The summed E-state index contributed by atoms with van der Waals surface area (Å²) in [6.45, 7) is 11.4. The Morgan fingerprint density at radius 1 is 0.917 bits per heavy atom. The number of halogens is 9. The average Bonchev–Trinajstić information content (AvgIpc) is 3.89. The third-order valence-electron chi connectivity index (χ3n) is 11.4. The molecule has 1 amide bonds. The molecular weight excluding hydrogens is 842 g/mol. The lowest BCUT2D eigenvalue weighted by Crippen LogP contribution is -3.14. The number of aliphatic carboxylic acids is 2. The topological polar surface area (TPSA) is 171 Å². The number of carboxylic acids is 2. The maximum absolute atomic E-state index is 15.2. The number of nitrogens with zero attached hydrogens (tertiary/aromatic N) is 3. The number of fused-ring (bicyclic) bond motifs is 2. The minimum atomic E-state index is -5.08. The summed E-state index contributed by atoms with van der Waals surface area (Å²) in [5, 5.41) is 23.2. The van der Waals surface area contributed by atoms with Gasteiger partial charge in [0, 0.05) is 58.7 Å². The number of carbonyl (C=O) groups excluding carboxylic acids is 1. The molecule has 6 heterocycles. The lowest BCUT2D eigenvalue weighted by Gasteiger charge is -2.39. The van der Waals surface area contributed by atoms with Gasteiger partial charge in [-0.1, -0.05) is 17.7 Å². The first kappa shape index (κ1) is 46.6. The molecule has 7 rings (SSSR count). The molecule has 330 valence electrons. The van der Waals surface area contributed by atoms with Gasteiger partial charge >= 0.3 is 24.3 Å². The summed E-state index contributed by atoms with van der Waals surface area (Å²) in [7, 11) is 0. The van der Waals surface area contributed by atoms with Gasteiger partial charge in [-0.2, -0.15) is 26.3 Å². The van der Waals surface area contributed by atoms with Gasteiger partial charge in [0.05, 0.1) is 55.2 Å². The highest BCUT2D eigenvalue weighted by Gasteiger charge is 2.58. The van der Waals surface area contributed by atoms with Crippen molar-refractivity contribution in [3.8, 4) is 0 Å². The smallest absolute Gasteiger partial charge is 0.475 e. The predicted octanol–water partition coefficient (Wildman–Crippen LogP) is 5.04. The van der Waals surface area contributed by atoms with Gasteiger partial charge in [-0.25, -0.2) is 23.4 Å². The number of likely N-dealkylation sites (tertiary alicyclic amines) is 2. The molecule has 4 N–H and O–H groups in total. The largest absolute Gasteiger partial charge is 0.490 e. The van der Waals surface area contributed by atoms with E-state index in [1.54, 1.807) is 6.92 Å². The van der Waals surface area contributed by atoms with E-state index in [4.69, 9.17) is 45.3 Å². The van der Waals surface area contributed by atoms with Crippen LogP contribution in [-0.4, -0.2) is 101 Å². The Hall–Kier alpha value is -4.47. The normalized spacial score (nSPS) is 23.0. The number of carboxylic acid groups (broad SMARTS) is 2. The lowest BCUT2D eigenvalue weighted by molar-refractivity contribution is -0.916. The Kier molecular flexibility index (Phi) is 13.9. The van der Waals surface area contributed by atoms with Crippen molar-refractivity contribution in [2.75, 3.05) is 39.4 Å². The zero-order valence-corrected chi connectivity index (χ0v) is 33.5. The fourth-order valence-corrected chi connectivity index (χ4v) is 8.39. The molecule has 1 spiro atoms. The number of pyridine rings is 1. The maximum Gasteiger partial charge on any atom is 0.490 e. The monoisotopic (exact) mass is 885 g/mol. The van der Waals surface area contributed by atoms with E-state index >= 15 is 4.39 Å². The van der Waals surface area contributed by atoms with Crippen LogP contribution in [0.25, 0.3) is 0 Å². The van der Waals surface area contributed by atoms with Crippen LogP contribution in [0.15, 0.2) is 28.7 Å². The number of hydrogen-bond acceptors (Lipinski definition) is 8. The molecule has 0 aliphatic carbocycles. The minimum absolute atomic E-state index is 0.0262. The van der Waals surface area contributed by atoms with E-state index in [-0.39, 0.29) is 11.8 Å². The fourth-order valence-electron chi connectivity index (χ4n) is 8.22. The van der Waals surface area contributed by atoms with Crippen LogP contribution < -0.4 is 9.88 Å². The van der Waals surface area contributed by atoms with E-state index in [0.717, 1.165) is 35.9 Å². The van der Waals surface area contributed by atoms with E-state index < -0.39 is 59.0 Å². The first-order valence-electron chi connectivity index (χ1n) is 18.8. The van der Waals surface area contributed by atoms with Gasteiger partial charge in [-0.05, 0) is 31.5 Å². The number of aryl methyl sites for hydroxylation is 2. The molecule has 4 atom stereocenters. The zero-order chi connectivity index (χ0) is 44.5. The number of nitrogens with one attached hydrogen (secondary N) is 2. The quantitative estimate of drug-likeness (QED) is 0.295. The van der Waals surface area contributed by atoms with Gasteiger partial charge < -0.3 is 33.9 Å². The maximum atomic E-state index is 15.2. The fraction of sp³-hybridized carbons (Fsp3) is 0.579. The van der Waals surface area contributed by atoms with E-state index in [0.29, 0.717) is 80.6 Å². The van der Waals surface area contributed by atoms with Crippen LogP contribution in [0.4, 0.5) is 35.1 Å². The standard InChI is InChI=1S/C34H40ClF2N5O4.2C2HF3O2/c1-19-27(35)16-24-29(38-19)34(46-30(24)33(3,4)32-40-39-20(2)45-32)9-11-41(12-10-34)31(43)26-18-42(22-7-13-44-14-8-22)17-25(26)23-6-5-21(36)15-28(23)37;2*3-2(4,5)1(6)7/h5-6,15-16,22,25-26,30H,7-14,17-18H2,1-4H3;2*(H,6,7)/p+2/t25-,26?,30-;;/m0../s1. The summed E-state index contributed by atoms with van der Waals surface area (Å²) in [6.07, 6.45) is -7.58. The molecule has 3 saturated heterocycles. The molecule has 2 unspecified atom stereocenters. The van der Waals surface area contributed by atoms with Crippen LogP contribution in [0.3, 0.4) is 0 Å². The van der Waals surface area contributed by atoms with Crippen LogP contribution in [-0.2, 0) is 34.9 Å². The second kappa shape index (κ2) is 17.9. The van der Waals surface area contributed by atoms with Gasteiger partial charge in [-0.3, -0.25) is 4.79 Å². The number of hydrogen-bond donors (Lipinski definition) is 3. The number of H-pyrrole nitrogens is 1. The molecule has 13 nitrogen and oxygen atoms in total. The second-order valence-electron chi connectivity index (χ2n) is 15.7. The van der Waals surface area contributed by atoms with Crippen molar-refractivity contribution in [2.45, 2.75) is 94.8 Å². The molecule has 3 fully saturated rings. The van der Waals surface area contributed by atoms with E-state index in [2.05, 4.69) is 15.2 Å². The predicted molar refractivity (Wildman–Crippen MR) is 191 cm³/mol. The Morgan fingerprint density at radius 3 is 2.02 bits per heavy atom. The first-order chi connectivity index (χ1) is 27.9. The van der Waals surface area contributed by atoms with Gasteiger partial charge in [0.2, 0.25) is 23.4 Å². The van der Waals surface area contributed by atoms with Crippen molar-refractivity contribution in [1.82, 2.24) is 15.1 Å². The van der Waals surface area contributed by atoms with Gasteiger partial charge in [-0.15, -0.1) is 10.2 Å². The number of quaternary nitrogens is 1. The van der Waals surface area contributed by atoms with E-state index in [1.807, 2.05) is 31.7 Å². The van der Waals surface area contributed by atoms with Crippen LogP contribution in [0.1, 0.15) is 85.8 Å². The number of carbonyl (C=O) groups is 3. The van der Waals surface area contributed by atoms with Crippen molar-refractivity contribution in [3.05, 3.63) is 75.2 Å². The van der Waals surface area contributed by atoms with Crippen LogP contribution in [0.5, 0.6) is 0 Å². The number of amides is 1. The summed E-state index contributed by atoms with van der Waals surface area (Å²) in [6, 6.07) is 6.08. The number of aromatic amines is 1. The number of aromatic nitrogens is 3. The molecule has 0 bridgehead atoms. The number of ether oxygens (including phenoxy) is 2.